The highest BCUT2D eigenvalue weighted by Crippen LogP contribution is 2.51. The highest BCUT2D eigenvalue weighted by molar-refractivity contribution is 6.27. The third-order valence-corrected chi connectivity index (χ3v) is 10.6. The molecule has 0 saturated heterocycles. The van der Waals surface area contributed by atoms with Gasteiger partial charge in [0, 0.05) is 21.5 Å². The van der Waals surface area contributed by atoms with Crippen molar-refractivity contribution in [1.82, 2.24) is 0 Å². The SMILES string of the molecule is CCCCC(CC)Cc1cccc2c(O)c3ccccc3c(-c3c4ccccc4c(O)c4cccc(CC(CC)CCCC)c34)c12. The molecule has 0 aliphatic rings. The van der Waals surface area contributed by atoms with Gasteiger partial charge in [0.05, 0.1) is 0 Å². The maximum absolute atomic E-state index is 11.9. The predicted octanol–water partition coefficient (Wildman–Crippen LogP) is 12.9. The van der Waals surface area contributed by atoms with Crippen LogP contribution in [0.5, 0.6) is 11.5 Å². The van der Waals surface area contributed by atoms with Gasteiger partial charge in [-0.15, -0.1) is 0 Å². The van der Waals surface area contributed by atoms with Crippen LogP contribution in [0.4, 0.5) is 0 Å². The van der Waals surface area contributed by atoms with E-state index >= 15 is 0 Å². The number of benzene rings is 6. The summed E-state index contributed by atoms with van der Waals surface area (Å²) in [4.78, 5) is 0. The summed E-state index contributed by atoms with van der Waals surface area (Å²) < 4.78 is 0. The smallest absolute Gasteiger partial charge is 0.131 e. The number of hydrogen-bond donors (Lipinski definition) is 2. The lowest BCUT2D eigenvalue weighted by Crippen LogP contribution is -2.06. The summed E-state index contributed by atoms with van der Waals surface area (Å²) in [6, 6.07) is 29.7. The van der Waals surface area contributed by atoms with Gasteiger partial charge in [-0.3, -0.25) is 0 Å². The number of phenols is 2. The zero-order valence-corrected chi connectivity index (χ0v) is 28.2. The van der Waals surface area contributed by atoms with E-state index in [2.05, 4.69) is 100 Å². The minimum absolute atomic E-state index is 0.357. The third kappa shape index (κ3) is 5.83. The van der Waals surface area contributed by atoms with E-state index in [1.165, 1.54) is 60.8 Å². The van der Waals surface area contributed by atoms with E-state index in [0.717, 1.165) is 68.8 Å². The Morgan fingerprint density at radius 3 is 1.20 bits per heavy atom. The molecule has 0 bridgehead atoms. The van der Waals surface area contributed by atoms with Gasteiger partial charge in [0.25, 0.3) is 0 Å². The molecule has 0 fully saturated rings. The number of unbranched alkanes of at least 4 members (excludes halogenated alkanes) is 2. The van der Waals surface area contributed by atoms with E-state index < -0.39 is 0 Å². The van der Waals surface area contributed by atoms with Crippen molar-refractivity contribution in [3.8, 4) is 22.6 Å². The Kier molecular flexibility index (Phi) is 9.83. The Morgan fingerprint density at radius 1 is 0.457 bits per heavy atom. The molecule has 0 amide bonds. The van der Waals surface area contributed by atoms with Gasteiger partial charge in [-0.05, 0) is 68.5 Å². The van der Waals surface area contributed by atoms with Crippen molar-refractivity contribution in [3.63, 3.8) is 0 Å². The number of fused-ring (bicyclic) bond motifs is 4. The van der Waals surface area contributed by atoms with Gasteiger partial charge in [-0.2, -0.15) is 0 Å². The molecule has 46 heavy (non-hydrogen) atoms. The summed E-state index contributed by atoms with van der Waals surface area (Å²) in [6.07, 6.45) is 11.5. The molecule has 0 radical (unpaired) electrons. The zero-order chi connectivity index (χ0) is 32.2. The molecule has 2 heteroatoms. The van der Waals surface area contributed by atoms with Crippen LogP contribution in [0.2, 0.25) is 0 Å². The predicted molar refractivity (Wildman–Crippen MR) is 199 cm³/mol. The Hall–Kier alpha value is -4.04. The van der Waals surface area contributed by atoms with Crippen LogP contribution in [0, 0.1) is 11.8 Å². The van der Waals surface area contributed by atoms with Gasteiger partial charge < -0.3 is 10.2 Å². The van der Waals surface area contributed by atoms with E-state index in [0.29, 0.717) is 23.3 Å². The first-order valence-electron chi connectivity index (χ1n) is 17.8. The van der Waals surface area contributed by atoms with Crippen LogP contribution in [0.15, 0.2) is 84.9 Å². The Bertz CT molecular complexity index is 1840. The molecule has 0 aromatic heterocycles. The second-order valence-electron chi connectivity index (χ2n) is 13.5. The second-order valence-corrected chi connectivity index (χ2v) is 13.5. The van der Waals surface area contributed by atoms with Gasteiger partial charge in [-0.1, -0.05) is 164 Å². The van der Waals surface area contributed by atoms with Crippen LogP contribution in [-0.2, 0) is 12.8 Å². The van der Waals surface area contributed by atoms with Gasteiger partial charge in [0.15, 0.2) is 0 Å². The molecule has 2 N–H and O–H groups in total. The fraction of sp³-hybridized carbons (Fsp3) is 0.364. The largest absolute Gasteiger partial charge is 0.507 e. The molecule has 6 aromatic rings. The summed E-state index contributed by atoms with van der Waals surface area (Å²) >= 11 is 0. The van der Waals surface area contributed by atoms with Crippen molar-refractivity contribution in [1.29, 1.82) is 0 Å². The molecule has 2 unspecified atom stereocenters. The zero-order valence-electron chi connectivity index (χ0n) is 28.2. The van der Waals surface area contributed by atoms with Crippen LogP contribution in [0.3, 0.4) is 0 Å². The molecule has 0 aliphatic carbocycles. The quantitative estimate of drug-likeness (QED) is 0.128. The van der Waals surface area contributed by atoms with Crippen LogP contribution >= 0.6 is 0 Å². The summed E-state index contributed by atoms with van der Waals surface area (Å²) in [5.41, 5.74) is 4.96. The molecule has 2 nitrogen and oxygen atoms in total. The van der Waals surface area contributed by atoms with Crippen LogP contribution in [0.1, 0.15) is 90.2 Å². The van der Waals surface area contributed by atoms with Crippen molar-refractivity contribution in [2.45, 2.75) is 91.9 Å². The summed E-state index contributed by atoms with van der Waals surface area (Å²) in [7, 11) is 0. The minimum atomic E-state index is 0.357. The first kappa shape index (κ1) is 31.9. The van der Waals surface area contributed by atoms with Crippen LogP contribution in [0.25, 0.3) is 54.2 Å². The maximum atomic E-state index is 11.9. The second kappa shape index (κ2) is 14.2. The molecule has 2 atom stereocenters. The highest BCUT2D eigenvalue weighted by atomic mass is 16.3. The number of aromatic hydroxyl groups is 2. The van der Waals surface area contributed by atoms with Gasteiger partial charge >= 0.3 is 0 Å². The van der Waals surface area contributed by atoms with E-state index in [1.54, 1.807) is 0 Å². The summed E-state index contributed by atoms with van der Waals surface area (Å²) in [5, 5.41) is 31.7. The first-order valence-corrected chi connectivity index (χ1v) is 17.8. The first-order chi connectivity index (χ1) is 22.5. The Balaban J connectivity index is 1.78. The van der Waals surface area contributed by atoms with Crippen molar-refractivity contribution < 1.29 is 10.2 Å². The molecule has 0 heterocycles. The molecule has 238 valence electrons. The maximum Gasteiger partial charge on any atom is 0.131 e. The van der Waals surface area contributed by atoms with E-state index in [9.17, 15) is 10.2 Å². The van der Waals surface area contributed by atoms with Crippen molar-refractivity contribution >= 4 is 43.1 Å². The standard InChI is InChI=1S/C44H50O2/c1-5-9-17-29(7-3)27-31-19-15-25-37-39(31)41(33-21-11-13-23-35(33)43(37)45)42-34-22-12-14-24-36(34)44(46)38-26-16-20-32(40(38)42)28-30(8-4)18-10-6-2/h11-16,19-26,29-30,45-46H,5-10,17-18,27-28H2,1-4H3. The third-order valence-electron chi connectivity index (χ3n) is 10.6. The molecule has 6 rings (SSSR count). The van der Waals surface area contributed by atoms with E-state index in [-0.39, 0.29) is 0 Å². The average molecular weight is 611 g/mol. The summed E-state index contributed by atoms with van der Waals surface area (Å²) in [5.74, 6) is 1.88. The monoisotopic (exact) mass is 610 g/mol. The molecule has 0 aliphatic heterocycles. The van der Waals surface area contributed by atoms with Crippen molar-refractivity contribution in [3.05, 3.63) is 96.1 Å². The average Bonchev–Trinajstić information content (AvgIpc) is 3.10. The topological polar surface area (TPSA) is 40.5 Å². The molecule has 6 aromatic carbocycles. The lowest BCUT2D eigenvalue weighted by atomic mass is 9.80. The van der Waals surface area contributed by atoms with Crippen LogP contribution in [-0.4, -0.2) is 10.2 Å². The highest BCUT2D eigenvalue weighted by Gasteiger charge is 2.25. The molecular formula is C44H50O2. The number of hydrogen-bond acceptors (Lipinski definition) is 2. The van der Waals surface area contributed by atoms with Gasteiger partial charge in [0.1, 0.15) is 11.5 Å². The van der Waals surface area contributed by atoms with Crippen LogP contribution < -0.4 is 0 Å². The molecule has 0 spiro atoms. The Morgan fingerprint density at radius 2 is 0.826 bits per heavy atom. The van der Waals surface area contributed by atoms with Gasteiger partial charge in [-0.25, -0.2) is 0 Å². The molecular weight excluding hydrogens is 560 g/mol. The van der Waals surface area contributed by atoms with Crippen molar-refractivity contribution in [2.75, 3.05) is 0 Å². The van der Waals surface area contributed by atoms with Gasteiger partial charge in [0.2, 0.25) is 0 Å². The minimum Gasteiger partial charge on any atom is -0.507 e. The fourth-order valence-electron chi connectivity index (χ4n) is 7.93. The fourth-order valence-corrected chi connectivity index (χ4v) is 7.93. The lowest BCUT2D eigenvalue weighted by molar-refractivity contribution is 0.450. The number of rotatable bonds is 13. The molecule has 0 saturated carbocycles. The number of phenolic OH excluding ortho intramolecular Hbond substituents is 2. The lowest BCUT2D eigenvalue weighted by Gasteiger charge is -2.24. The van der Waals surface area contributed by atoms with Crippen molar-refractivity contribution in [2.24, 2.45) is 11.8 Å². The normalized spacial score (nSPS) is 13.2. The van der Waals surface area contributed by atoms with E-state index in [4.69, 9.17) is 0 Å². The summed E-state index contributed by atoms with van der Waals surface area (Å²) in [6.45, 7) is 9.18. The Labute approximate surface area is 275 Å². The van der Waals surface area contributed by atoms with E-state index in [1.807, 2.05) is 12.1 Å².